The summed E-state index contributed by atoms with van der Waals surface area (Å²) in [5.41, 5.74) is 4.93. The molecule has 3 aromatic rings. The number of anilines is 3. The van der Waals surface area contributed by atoms with E-state index in [9.17, 15) is 9.59 Å². The SMILES string of the molecule is COc1cc2c(cc1C=O)CN(c1nc(C(=O)Nc3ccccc3N3CCNCC3)cs1)C2. The zero-order chi connectivity index (χ0) is 22.8. The van der Waals surface area contributed by atoms with Crippen LogP contribution in [-0.4, -0.2) is 50.5 Å². The molecule has 2 aliphatic heterocycles. The molecule has 0 spiro atoms. The number of carbonyl (C=O) groups excluding carboxylic acids is 2. The fourth-order valence-electron chi connectivity index (χ4n) is 4.31. The Morgan fingerprint density at radius 1 is 1.15 bits per heavy atom. The minimum absolute atomic E-state index is 0.221. The van der Waals surface area contributed by atoms with E-state index in [4.69, 9.17) is 4.74 Å². The molecule has 0 radical (unpaired) electrons. The number of thiazole rings is 1. The van der Waals surface area contributed by atoms with Gasteiger partial charge in [-0.25, -0.2) is 4.98 Å². The van der Waals surface area contributed by atoms with Gasteiger partial charge in [0.05, 0.1) is 24.0 Å². The first-order valence-electron chi connectivity index (χ1n) is 10.9. The van der Waals surface area contributed by atoms with E-state index in [0.29, 0.717) is 30.1 Å². The van der Waals surface area contributed by atoms with Gasteiger partial charge in [-0.05, 0) is 35.4 Å². The maximum Gasteiger partial charge on any atom is 0.275 e. The summed E-state index contributed by atoms with van der Waals surface area (Å²) >= 11 is 1.44. The first-order valence-corrected chi connectivity index (χ1v) is 11.8. The van der Waals surface area contributed by atoms with Crippen LogP contribution in [0.5, 0.6) is 5.75 Å². The summed E-state index contributed by atoms with van der Waals surface area (Å²) in [5.74, 6) is 0.356. The number of hydrogen-bond donors (Lipinski definition) is 2. The van der Waals surface area contributed by atoms with Crippen molar-refractivity contribution in [3.05, 3.63) is 64.2 Å². The van der Waals surface area contributed by atoms with Crippen LogP contribution in [0.2, 0.25) is 0 Å². The molecule has 8 nitrogen and oxygen atoms in total. The lowest BCUT2D eigenvalue weighted by Crippen LogP contribution is -2.43. The van der Waals surface area contributed by atoms with Crippen molar-refractivity contribution in [2.24, 2.45) is 0 Å². The Morgan fingerprint density at radius 2 is 1.91 bits per heavy atom. The molecular formula is C24H25N5O3S. The second kappa shape index (κ2) is 9.21. The number of benzene rings is 2. The fourth-order valence-corrected chi connectivity index (χ4v) is 5.12. The van der Waals surface area contributed by atoms with E-state index >= 15 is 0 Å². The molecule has 1 aromatic heterocycles. The number of methoxy groups -OCH3 is 1. The Kier molecular flexibility index (Phi) is 5.97. The van der Waals surface area contributed by atoms with Gasteiger partial charge in [-0.2, -0.15) is 0 Å². The molecule has 2 N–H and O–H groups in total. The zero-order valence-corrected chi connectivity index (χ0v) is 19.2. The lowest BCUT2D eigenvalue weighted by atomic mass is 10.1. The number of rotatable bonds is 6. The molecule has 170 valence electrons. The molecule has 0 aliphatic carbocycles. The van der Waals surface area contributed by atoms with Crippen LogP contribution >= 0.6 is 11.3 Å². The van der Waals surface area contributed by atoms with Gasteiger partial charge in [0.1, 0.15) is 11.4 Å². The molecule has 0 unspecified atom stereocenters. The van der Waals surface area contributed by atoms with Gasteiger partial charge in [-0.3, -0.25) is 9.59 Å². The standard InChI is InChI=1S/C24H25N5O3S/c1-32-22-11-17-13-29(12-16(17)10-18(22)14-30)24-27-20(15-33-24)23(31)26-19-4-2-3-5-21(19)28-8-6-25-7-9-28/h2-5,10-11,14-15,25H,6-9,12-13H2,1H3,(H,26,31). The Morgan fingerprint density at radius 3 is 2.67 bits per heavy atom. The maximum absolute atomic E-state index is 13.0. The van der Waals surface area contributed by atoms with Crippen molar-refractivity contribution in [3.63, 3.8) is 0 Å². The van der Waals surface area contributed by atoms with E-state index in [0.717, 1.165) is 60.1 Å². The van der Waals surface area contributed by atoms with Crippen LogP contribution < -0.4 is 25.2 Å². The highest BCUT2D eigenvalue weighted by atomic mass is 32.1. The van der Waals surface area contributed by atoms with Crippen LogP contribution in [0, 0.1) is 0 Å². The lowest BCUT2D eigenvalue weighted by molar-refractivity contribution is 0.102. The largest absolute Gasteiger partial charge is 0.496 e. The van der Waals surface area contributed by atoms with Crippen LogP contribution in [-0.2, 0) is 13.1 Å². The number of fused-ring (bicyclic) bond motifs is 1. The number of aromatic nitrogens is 1. The summed E-state index contributed by atoms with van der Waals surface area (Å²) in [4.78, 5) is 33.3. The molecule has 3 heterocycles. The highest BCUT2D eigenvalue weighted by Gasteiger charge is 2.25. The minimum Gasteiger partial charge on any atom is -0.496 e. The molecule has 5 rings (SSSR count). The van der Waals surface area contributed by atoms with Crippen LogP contribution in [0.3, 0.4) is 0 Å². The number of hydrogen-bond acceptors (Lipinski definition) is 8. The van der Waals surface area contributed by atoms with Crippen LogP contribution in [0.4, 0.5) is 16.5 Å². The highest BCUT2D eigenvalue weighted by Crippen LogP contribution is 2.34. The number of nitrogens with zero attached hydrogens (tertiary/aromatic N) is 3. The van der Waals surface area contributed by atoms with Gasteiger partial charge in [0.2, 0.25) is 0 Å². The van der Waals surface area contributed by atoms with E-state index in [1.807, 2.05) is 36.4 Å². The predicted octanol–water partition coefficient (Wildman–Crippen LogP) is 3.15. The van der Waals surface area contributed by atoms with Crippen molar-refractivity contribution in [3.8, 4) is 5.75 Å². The molecule has 2 aromatic carbocycles. The third kappa shape index (κ3) is 4.29. The number of piperazine rings is 1. The summed E-state index contributed by atoms with van der Waals surface area (Å²) < 4.78 is 5.33. The molecule has 1 saturated heterocycles. The van der Waals surface area contributed by atoms with E-state index < -0.39 is 0 Å². The second-order valence-corrected chi connectivity index (χ2v) is 8.90. The Labute approximate surface area is 196 Å². The van der Waals surface area contributed by atoms with Gasteiger partial charge >= 0.3 is 0 Å². The van der Waals surface area contributed by atoms with Crippen LogP contribution in [0.25, 0.3) is 0 Å². The lowest BCUT2D eigenvalue weighted by Gasteiger charge is -2.31. The van der Waals surface area contributed by atoms with Gasteiger partial charge in [0.25, 0.3) is 5.91 Å². The molecular weight excluding hydrogens is 438 g/mol. The summed E-state index contributed by atoms with van der Waals surface area (Å²) in [6, 6.07) is 11.7. The van der Waals surface area contributed by atoms with Gasteiger partial charge in [0, 0.05) is 44.6 Å². The minimum atomic E-state index is -0.221. The van der Waals surface area contributed by atoms with Crippen molar-refractivity contribution in [1.29, 1.82) is 0 Å². The van der Waals surface area contributed by atoms with E-state index in [1.165, 1.54) is 11.3 Å². The highest BCUT2D eigenvalue weighted by molar-refractivity contribution is 7.13. The normalized spacial score (nSPS) is 15.3. The van der Waals surface area contributed by atoms with Gasteiger partial charge in [0.15, 0.2) is 11.4 Å². The van der Waals surface area contributed by atoms with Gasteiger partial charge in [-0.1, -0.05) is 12.1 Å². The first-order chi connectivity index (χ1) is 16.2. The Hall–Kier alpha value is -3.43. The monoisotopic (exact) mass is 463 g/mol. The van der Waals surface area contributed by atoms with Crippen molar-refractivity contribution >= 4 is 40.0 Å². The van der Waals surface area contributed by atoms with Gasteiger partial charge in [-0.15, -0.1) is 11.3 Å². The average molecular weight is 464 g/mol. The molecule has 0 atom stereocenters. The zero-order valence-electron chi connectivity index (χ0n) is 18.3. The van der Waals surface area contributed by atoms with E-state index in [1.54, 1.807) is 12.5 Å². The number of ether oxygens (including phenoxy) is 1. The van der Waals surface area contributed by atoms with Crippen LogP contribution in [0.15, 0.2) is 41.8 Å². The third-order valence-corrected chi connectivity index (χ3v) is 6.91. The summed E-state index contributed by atoms with van der Waals surface area (Å²) in [5, 5.41) is 8.96. The number of carbonyl (C=O) groups is 2. The van der Waals surface area contributed by atoms with Crippen LogP contribution in [0.1, 0.15) is 32.0 Å². The molecule has 0 bridgehead atoms. The molecule has 1 fully saturated rings. The number of aldehydes is 1. The summed E-state index contributed by atoms with van der Waals surface area (Å²) in [7, 11) is 1.56. The molecule has 2 aliphatic rings. The molecule has 0 saturated carbocycles. The number of nitrogens with one attached hydrogen (secondary N) is 2. The molecule has 33 heavy (non-hydrogen) atoms. The van der Waals surface area contributed by atoms with Crippen molar-refractivity contribution < 1.29 is 14.3 Å². The number of amides is 1. The Balaban J connectivity index is 1.30. The quantitative estimate of drug-likeness (QED) is 0.543. The average Bonchev–Trinajstić information content (AvgIpc) is 3.51. The first kappa shape index (κ1) is 21.4. The summed E-state index contributed by atoms with van der Waals surface area (Å²) in [6.07, 6.45) is 0.811. The summed E-state index contributed by atoms with van der Waals surface area (Å²) in [6.45, 7) is 4.96. The third-order valence-electron chi connectivity index (χ3n) is 6.01. The van der Waals surface area contributed by atoms with Crippen molar-refractivity contribution in [2.45, 2.75) is 13.1 Å². The molecule has 1 amide bonds. The molecule has 9 heteroatoms. The maximum atomic E-state index is 13.0. The second-order valence-electron chi connectivity index (χ2n) is 8.06. The smallest absolute Gasteiger partial charge is 0.275 e. The number of para-hydroxylation sites is 2. The fraction of sp³-hybridized carbons (Fsp3) is 0.292. The van der Waals surface area contributed by atoms with Crippen molar-refractivity contribution in [2.75, 3.05) is 48.4 Å². The van der Waals surface area contributed by atoms with E-state index in [2.05, 4.69) is 25.4 Å². The van der Waals surface area contributed by atoms with E-state index in [-0.39, 0.29) is 5.91 Å². The predicted molar refractivity (Wildman–Crippen MR) is 130 cm³/mol. The van der Waals surface area contributed by atoms with Crippen molar-refractivity contribution in [1.82, 2.24) is 10.3 Å². The Bertz CT molecular complexity index is 1190. The van der Waals surface area contributed by atoms with Gasteiger partial charge < -0.3 is 25.2 Å². The topological polar surface area (TPSA) is 86.8 Å².